The van der Waals surface area contributed by atoms with Crippen LogP contribution in [0.5, 0.6) is 5.75 Å². The summed E-state index contributed by atoms with van der Waals surface area (Å²) in [5, 5.41) is 12.4. The minimum Gasteiger partial charge on any atom is -0.497 e. The largest absolute Gasteiger partial charge is 0.497 e. The van der Waals surface area contributed by atoms with Crippen LogP contribution in [-0.2, 0) is 4.79 Å². The first-order valence-corrected chi connectivity index (χ1v) is 5.87. The molecule has 0 unspecified atom stereocenters. The smallest absolute Gasteiger partial charge is 0.238 e. The number of nitrogens with zero attached hydrogens (tertiary/aromatic N) is 1. The van der Waals surface area contributed by atoms with Crippen LogP contribution in [0.3, 0.4) is 0 Å². The maximum absolute atomic E-state index is 11.8. The van der Waals surface area contributed by atoms with E-state index in [2.05, 4.69) is 5.32 Å². The average Bonchev–Trinajstić information content (AvgIpc) is 2.26. The third kappa shape index (κ3) is 3.21. The van der Waals surface area contributed by atoms with Crippen LogP contribution in [-0.4, -0.2) is 48.3 Å². The Hall–Kier alpha value is -1.59. The third-order valence-electron chi connectivity index (χ3n) is 2.85. The van der Waals surface area contributed by atoms with E-state index in [1.165, 1.54) is 0 Å². The summed E-state index contributed by atoms with van der Waals surface area (Å²) in [6, 6.07) is 7.22. The Morgan fingerprint density at radius 2 is 2.28 bits per heavy atom. The Bertz CT molecular complexity index is 438. The van der Waals surface area contributed by atoms with Crippen LogP contribution in [0.4, 0.5) is 5.69 Å². The molecular formula is C13H18N2O3. The molecule has 0 bridgehead atoms. The maximum Gasteiger partial charge on any atom is 0.238 e. The summed E-state index contributed by atoms with van der Waals surface area (Å²) < 4.78 is 5.08. The van der Waals surface area contributed by atoms with Crippen molar-refractivity contribution >= 4 is 11.6 Å². The number of nitrogens with one attached hydrogen (secondary N) is 1. The van der Waals surface area contributed by atoms with Crippen LogP contribution >= 0.6 is 0 Å². The molecule has 5 heteroatoms. The lowest BCUT2D eigenvalue weighted by Crippen LogP contribution is -2.61. The number of hydrogen-bond acceptors (Lipinski definition) is 4. The van der Waals surface area contributed by atoms with E-state index in [0.717, 1.165) is 0 Å². The van der Waals surface area contributed by atoms with E-state index in [4.69, 9.17) is 4.74 Å². The molecule has 2 rings (SSSR count). The van der Waals surface area contributed by atoms with E-state index in [9.17, 15) is 9.90 Å². The number of rotatable bonds is 4. The van der Waals surface area contributed by atoms with Crippen molar-refractivity contribution in [2.75, 3.05) is 32.1 Å². The van der Waals surface area contributed by atoms with Gasteiger partial charge in [-0.05, 0) is 19.1 Å². The molecule has 1 aliphatic rings. The number of amides is 1. The van der Waals surface area contributed by atoms with Gasteiger partial charge >= 0.3 is 0 Å². The van der Waals surface area contributed by atoms with E-state index in [-0.39, 0.29) is 5.91 Å². The maximum atomic E-state index is 11.8. The predicted octanol–water partition coefficient (Wildman–Crippen LogP) is 0.700. The van der Waals surface area contributed by atoms with E-state index in [0.29, 0.717) is 31.1 Å². The number of carbonyl (C=O) groups is 1. The Balaban J connectivity index is 1.84. The molecule has 0 spiro atoms. The Morgan fingerprint density at radius 1 is 1.56 bits per heavy atom. The molecule has 1 saturated heterocycles. The first-order chi connectivity index (χ1) is 8.48. The van der Waals surface area contributed by atoms with Crippen LogP contribution in [0.15, 0.2) is 24.3 Å². The lowest BCUT2D eigenvalue weighted by molar-refractivity contribution is -0.125. The summed E-state index contributed by atoms with van der Waals surface area (Å²) >= 11 is 0. The van der Waals surface area contributed by atoms with Crippen LogP contribution in [0, 0.1) is 0 Å². The molecule has 5 nitrogen and oxygen atoms in total. The number of hydrogen-bond donors (Lipinski definition) is 2. The molecule has 98 valence electrons. The second-order valence-corrected chi connectivity index (χ2v) is 4.92. The number of carbonyl (C=O) groups excluding carboxylic acids is 1. The molecular weight excluding hydrogens is 232 g/mol. The van der Waals surface area contributed by atoms with Gasteiger partial charge in [0.25, 0.3) is 0 Å². The summed E-state index contributed by atoms with van der Waals surface area (Å²) in [5.41, 5.74) is 0.0719. The van der Waals surface area contributed by atoms with E-state index in [1.807, 2.05) is 23.1 Å². The molecule has 18 heavy (non-hydrogen) atoms. The lowest BCUT2D eigenvalue weighted by Gasteiger charge is -2.43. The highest BCUT2D eigenvalue weighted by Gasteiger charge is 2.37. The molecule has 1 fully saturated rings. The van der Waals surface area contributed by atoms with Crippen LogP contribution in [0.1, 0.15) is 6.92 Å². The number of aliphatic hydroxyl groups is 1. The minimum atomic E-state index is -0.643. The molecule has 0 aromatic heterocycles. The first-order valence-electron chi connectivity index (χ1n) is 5.87. The highest BCUT2D eigenvalue weighted by Crippen LogP contribution is 2.20. The predicted molar refractivity (Wildman–Crippen MR) is 68.7 cm³/mol. The third-order valence-corrected chi connectivity index (χ3v) is 2.85. The van der Waals surface area contributed by atoms with Crippen LogP contribution in [0.2, 0.25) is 0 Å². The number of benzene rings is 1. The van der Waals surface area contributed by atoms with Gasteiger partial charge in [-0.3, -0.25) is 9.69 Å². The molecule has 0 saturated carbocycles. The highest BCUT2D eigenvalue weighted by molar-refractivity contribution is 5.92. The number of methoxy groups -OCH3 is 1. The standard InChI is InChI=1S/C13H18N2O3/c1-13(17)8-15(9-13)7-12(16)14-10-4-3-5-11(6-10)18-2/h3-6,17H,7-9H2,1-2H3,(H,14,16). The molecule has 1 heterocycles. The lowest BCUT2D eigenvalue weighted by atomic mass is 9.97. The van der Waals surface area contributed by atoms with Gasteiger partial charge in [0.2, 0.25) is 5.91 Å². The Morgan fingerprint density at radius 3 is 2.89 bits per heavy atom. The van der Waals surface area contributed by atoms with Crippen molar-refractivity contribution in [1.29, 1.82) is 0 Å². The van der Waals surface area contributed by atoms with Crippen molar-refractivity contribution < 1.29 is 14.6 Å². The monoisotopic (exact) mass is 250 g/mol. The van der Waals surface area contributed by atoms with Crippen molar-refractivity contribution in [3.8, 4) is 5.75 Å². The van der Waals surface area contributed by atoms with Gasteiger partial charge in [-0.2, -0.15) is 0 Å². The topological polar surface area (TPSA) is 61.8 Å². The normalized spacial score (nSPS) is 17.9. The molecule has 0 aliphatic carbocycles. The summed E-state index contributed by atoms with van der Waals surface area (Å²) in [6.07, 6.45) is 0. The van der Waals surface area contributed by atoms with Crippen LogP contribution in [0.25, 0.3) is 0 Å². The second kappa shape index (κ2) is 4.96. The zero-order valence-electron chi connectivity index (χ0n) is 10.6. The fourth-order valence-corrected chi connectivity index (χ4v) is 2.13. The van der Waals surface area contributed by atoms with Gasteiger partial charge in [-0.15, -0.1) is 0 Å². The van der Waals surface area contributed by atoms with Gasteiger partial charge in [0.1, 0.15) is 5.75 Å². The Kier molecular flexibility index (Phi) is 3.54. The van der Waals surface area contributed by atoms with Crippen LogP contribution < -0.4 is 10.1 Å². The van der Waals surface area contributed by atoms with Gasteiger partial charge in [0.05, 0.1) is 19.3 Å². The molecule has 0 radical (unpaired) electrons. The van der Waals surface area contributed by atoms with Gasteiger partial charge in [-0.25, -0.2) is 0 Å². The molecule has 1 aromatic rings. The number of β-amino-alcohol motifs (C(OH)–C–C–N with tert-alkyl or cyclic N) is 1. The minimum absolute atomic E-state index is 0.0845. The molecule has 0 atom stereocenters. The number of anilines is 1. The summed E-state index contributed by atoms with van der Waals surface area (Å²) in [4.78, 5) is 13.6. The van der Waals surface area contributed by atoms with E-state index in [1.54, 1.807) is 20.1 Å². The molecule has 2 N–H and O–H groups in total. The van der Waals surface area contributed by atoms with E-state index < -0.39 is 5.60 Å². The number of likely N-dealkylation sites (tertiary alicyclic amines) is 1. The summed E-state index contributed by atoms with van der Waals surface area (Å²) in [5.74, 6) is 0.624. The zero-order chi connectivity index (χ0) is 13.2. The van der Waals surface area contributed by atoms with Crippen molar-refractivity contribution in [3.63, 3.8) is 0 Å². The Labute approximate surface area is 106 Å². The van der Waals surface area contributed by atoms with E-state index >= 15 is 0 Å². The SMILES string of the molecule is COc1cccc(NC(=O)CN2CC(C)(O)C2)c1. The number of ether oxygens (including phenoxy) is 1. The van der Waals surface area contributed by atoms with Crippen molar-refractivity contribution in [1.82, 2.24) is 4.90 Å². The quantitative estimate of drug-likeness (QED) is 0.826. The molecule has 1 aromatic carbocycles. The fraction of sp³-hybridized carbons (Fsp3) is 0.462. The fourth-order valence-electron chi connectivity index (χ4n) is 2.13. The van der Waals surface area contributed by atoms with Gasteiger partial charge in [-0.1, -0.05) is 6.07 Å². The van der Waals surface area contributed by atoms with Gasteiger partial charge in [0, 0.05) is 24.8 Å². The van der Waals surface area contributed by atoms with Crippen molar-refractivity contribution in [3.05, 3.63) is 24.3 Å². The van der Waals surface area contributed by atoms with Gasteiger partial charge in [0.15, 0.2) is 0 Å². The van der Waals surface area contributed by atoms with Crippen molar-refractivity contribution in [2.45, 2.75) is 12.5 Å². The second-order valence-electron chi connectivity index (χ2n) is 4.92. The highest BCUT2D eigenvalue weighted by atomic mass is 16.5. The van der Waals surface area contributed by atoms with Crippen molar-refractivity contribution in [2.24, 2.45) is 0 Å². The average molecular weight is 250 g/mol. The summed E-state index contributed by atoms with van der Waals surface area (Å²) in [7, 11) is 1.59. The summed E-state index contributed by atoms with van der Waals surface area (Å²) in [6.45, 7) is 3.15. The van der Waals surface area contributed by atoms with Gasteiger partial charge < -0.3 is 15.2 Å². The zero-order valence-corrected chi connectivity index (χ0v) is 10.6. The first kappa shape index (κ1) is 12.9. The molecule has 1 amide bonds. The molecule has 1 aliphatic heterocycles.